The fraction of sp³-hybridized carbons (Fsp3) is 0.433. The number of nitrogens with one attached hydrogen (secondary N) is 3. The number of amides is 1. The maximum absolute atomic E-state index is 11.6. The molecule has 11 heteroatoms. The molecule has 2 aliphatic rings. The summed E-state index contributed by atoms with van der Waals surface area (Å²) in [5, 5.41) is 9.68. The molecule has 1 aromatic heterocycles. The van der Waals surface area contributed by atoms with E-state index in [-0.39, 0.29) is 5.91 Å². The lowest BCUT2D eigenvalue weighted by Crippen LogP contribution is -2.52. The minimum Gasteiger partial charge on any atom is -0.494 e. The van der Waals surface area contributed by atoms with Gasteiger partial charge in [0, 0.05) is 64.0 Å². The molecular formula is C30H39ClN8O2. The molecule has 0 saturated carbocycles. The van der Waals surface area contributed by atoms with Crippen molar-refractivity contribution >= 4 is 52.0 Å². The highest BCUT2D eigenvalue weighted by Crippen LogP contribution is 2.37. The van der Waals surface area contributed by atoms with Gasteiger partial charge >= 0.3 is 0 Å². The van der Waals surface area contributed by atoms with E-state index in [1.54, 1.807) is 13.3 Å². The normalized spacial score (nSPS) is 16.9. The number of carbonyl (C=O) groups is 1. The second-order valence-corrected chi connectivity index (χ2v) is 11.2. The largest absolute Gasteiger partial charge is 0.494 e. The summed E-state index contributed by atoms with van der Waals surface area (Å²) in [6.45, 7) is 10.3. The van der Waals surface area contributed by atoms with Gasteiger partial charge in [-0.25, -0.2) is 4.98 Å². The summed E-state index contributed by atoms with van der Waals surface area (Å²) in [4.78, 5) is 28.2. The first-order chi connectivity index (χ1) is 19.8. The smallest absolute Gasteiger partial charge is 0.229 e. The van der Waals surface area contributed by atoms with Crippen LogP contribution in [0.3, 0.4) is 0 Å². The third-order valence-electron chi connectivity index (χ3n) is 7.86. The van der Waals surface area contributed by atoms with Crippen molar-refractivity contribution in [1.29, 1.82) is 0 Å². The van der Waals surface area contributed by atoms with Crippen molar-refractivity contribution in [3.63, 3.8) is 0 Å². The number of methoxy groups -OCH3 is 1. The molecule has 0 atom stereocenters. The summed E-state index contributed by atoms with van der Waals surface area (Å²) < 4.78 is 5.79. The van der Waals surface area contributed by atoms with Gasteiger partial charge in [-0.05, 0) is 50.6 Å². The van der Waals surface area contributed by atoms with Crippen molar-refractivity contribution in [3.05, 3.63) is 53.2 Å². The van der Waals surface area contributed by atoms with Gasteiger partial charge in [0.15, 0.2) is 5.82 Å². The third-order valence-corrected chi connectivity index (χ3v) is 8.14. The minimum atomic E-state index is -0.166. The van der Waals surface area contributed by atoms with Gasteiger partial charge in [0.25, 0.3) is 0 Å². The Hall–Kier alpha value is -3.60. The molecule has 0 spiro atoms. The molecule has 0 unspecified atom stereocenters. The van der Waals surface area contributed by atoms with E-state index in [0.29, 0.717) is 34.2 Å². The molecule has 2 aromatic carbocycles. The van der Waals surface area contributed by atoms with Crippen LogP contribution in [-0.4, -0.2) is 85.1 Å². The van der Waals surface area contributed by atoms with Crippen LogP contribution < -0.4 is 25.6 Å². The van der Waals surface area contributed by atoms with Crippen LogP contribution in [0.5, 0.6) is 5.75 Å². The van der Waals surface area contributed by atoms with E-state index in [9.17, 15) is 4.79 Å². The molecule has 10 nitrogen and oxygen atoms in total. The minimum absolute atomic E-state index is 0.166. The Kier molecular flexibility index (Phi) is 9.12. The Morgan fingerprint density at radius 1 is 1.00 bits per heavy atom. The first kappa shape index (κ1) is 28.9. The summed E-state index contributed by atoms with van der Waals surface area (Å²) in [7, 11) is 3.88. The molecule has 41 heavy (non-hydrogen) atoms. The number of hydrogen-bond donors (Lipinski definition) is 3. The van der Waals surface area contributed by atoms with Crippen molar-refractivity contribution in [3.8, 4) is 5.75 Å². The number of piperazine rings is 1. The Bertz CT molecular complexity index is 1370. The van der Waals surface area contributed by atoms with Crippen molar-refractivity contribution in [2.45, 2.75) is 32.7 Å². The van der Waals surface area contributed by atoms with E-state index in [1.807, 2.05) is 24.3 Å². The molecular weight excluding hydrogens is 540 g/mol. The second kappa shape index (κ2) is 12.9. The van der Waals surface area contributed by atoms with Crippen molar-refractivity contribution in [1.82, 2.24) is 19.8 Å². The zero-order valence-corrected chi connectivity index (χ0v) is 25.0. The molecule has 3 N–H and O–H groups in total. The number of ether oxygens (including phenoxy) is 1. The molecule has 218 valence electrons. The van der Waals surface area contributed by atoms with Gasteiger partial charge in [-0.3, -0.25) is 9.69 Å². The molecule has 5 rings (SSSR count). The van der Waals surface area contributed by atoms with Crippen LogP contribution in [0.2, 0.25) is 5.02 Å². The van der Waals surface area contributed by atoms with Gasteiger partial charge < -0.3 is 30.5 Å². The molecule has 0 bridgehead atoms. The van der Waals surface area contributed by atoms with Crippen LogP contribution in [0.25, 0.3) is 0 Å². The fourth-order valence-electron chi connectivity index (χ4n) is 5.60. The van der Waals surface area contributed by atoms with Crippen LogP contribution in [-0.2, 0) is 4.79 Å². The Labute approximate surface area is 247 Å². The van der Waals surface area contributed by atoms with Crippen LogP contribution in [0.15, 0.2) is 42.6 Å². The van der Waals surface area contributed by atoms with Gasteiger partial charge in [-0.15, -0.1) is 0 Å². The summed E-state index contributed by atoms with van der Waals surface area (Å²) in [6, 6.07) is 12.2. The number of aromatic nitrogens is 2. The molecule has 1 amide bonds. The summed E-state index contributed by atoms with van der Waals surface area (Å²) in [5.74, 6) is 1.33. The second-order valence-electron chi connectivity index (χ2n) is 10.8. The number of carbonyl (C=O) groups excluding carboxylic acids is 1. The summed E-state index contributed by atoms with van der Waals surface area (Å²) in [6.07, 6.45) is 3.88. The number of aryl methyl sites for hydroxylation is 1. The molecule has 2 aliphatic heterocycles. The maximum Gasteiger partial charge on any atom is 0.229 e. The fourth-order valence-corrected chi connectivity index (χ4v) is 5.74. The Morgan fingerprint density at radius 2 is 1.71 bits per heavy atom. The predicted octanol–water partition coefficient (Wildman–Crippen LogP) is 5.11. The van der Waals surface area contributed by atoms with Gasteiger partial charge in [-0.1, -0.05) is 23.7 Å². The van der Waals surface area contributed by atoms with Crippen LogP contribution >= 0.6 is 11.6 Å². The van der Waals surface area contributed by atoms with Crippen LogP contribution in [0.4, 0.5) is 34.5 Å². The number of hydrogen-bond acceptors (Lipinski definition) is 9. The highest BCUT2D eigenvalue weighted by molar-refractivity contribution is 6.33. The quantitative estimate of drug-likeness (QED) is 0.337. The van der Waals surface area contributed by atoms with E-state index in [4.69, 9.17) is 16.3 Å². The number of nitrogens with zero attached hydrogens (tertiary/aromatic N) is 5. The van der Waals surface area contributed by atoms with Crippen LogP contribution in [0.1, 0.15) is 25.3 Å². The zero-order valence-electron chi connectivity index (χ0n) is 24.2. The molecule has 2 saturated heterocycles. The van der Waals surface area contributed by atoms with Crippen molar-refractivity contribution in [2.24, 2.45) is 0 Å². The number of para-hydroxylation sites is 2. The molecule has 3 aromatic rings. The molecule has 0 radical (unpaired) electrons. The SMILES string of the molecule is COc1cc(N2CCC(N3CCN(C)CC3)CC2)c(C)cc1Nc1ncc(Cl)c(Nc2ccccc2NC(C)=O)n1. The molecule has 3 heterocycles. The summed E-state index contributed by atoms with van der Waals surface area (Å²) >= 11 is 6.43. The van der Waals surface area contributed by atoms with Crippen molar-refractivity contribution in [2.75, 3.05) is 74.3 Å². The summed E-state index contributed by atoms with van der Waals surface area (Å²) in [5.41, 5.74) is 4.42. The van der Waals surface area contributed by atoms with Crippen molar-refractivity contribution < 1.29 is 9.53 Å². The van der Waals surface area contributed by atoms with E-state index in [1.165, 1.54) is 38.5 Å². The van der Waals surface area contributed by atoms with Gasteiger partial charge in [0.2, 0.25) is 11.9 Å². The standard InChI is InChI=1S/C30H39ClN8O2/c1-20-17-26(28(41-4)18-27(20)39-11-9-22(10-12-39)38-15-13-37(3)14-16-38)35-30-32-19-23(31)29(36-30)34-25-8-6-5-7-24(25)33-21(2)40/h5-8,17-19,22H,9-16H2,1-4H3,(H,33,40)(H2,32,34,35,36). The van der Waals surface area contributed by atoms with E-state index in [2.05, 4.69) is 66.7 Å². The van der Waals surface area contributed by atoms with E-state index < -0.39 is 0 Å². The number of likely N-dealkylation sites (N-methyl/N-ethyl adjacent to an activating group) is 1. The highest BCUT2D eigenvalue weighted by Gasteiger charge is 2.27. The Balaban J connectivity index is 1.29. The average molecular weight is 579 g/mol. The Morgan fingerprint density at radius 3 is 2.39 bits per heavy atom. The lowest BCUT2D eigenvalue weighted by Gasteiger charge is -2.43. The number of benzene rings is 2. The predicted molar refractivity (Wildman–Crippen MR) is 166 cm³/mol. The van der Waals surface area contributed by atoms with E-state index in [0.717, 1.165) is 43.2 Å². The van der Waals surface area contributed by atoms with Gasteiger partial charge in [0.1, 0.15) is 10.8 Å². The highest BCUT2D eigenvalue weighted by atomic mass is 35.5. The van der Waals surface area contributed by atoms with Crippen LogP contribution in [0, 0.1) is 6.92 Å². The number of rotatable bonds is 8. The monoisotopic (exact) mass is 578 g/mol. The lowest BCUT2D eigenvalue weighted by atomic mass is 10.0. The van der Waals surface area contributed by atoms with E-state index >= 15 is 0 Å². The first-order valence-corrected chi connectivity index (χ1v) is 14.5. The number of anilines is 6. The zero-order chi connectivity index (χ0) is 28.9. The molecule has 0 aliphatic carbocycles. The number of halogens is 1. The van der Waals surface area contributed by atoms with Gasteiger partial charge in [-0.2, -0.15) is 4.98 Å². The third kappa shape index (κ3) is 7.01. The maximum atomic E-state index is 11.6. The first-order valence-electron chi connectivity index (χ1n) is 14.1. The lowest BCUT2D eigenvalue weighted by molar-refractivity contribution is -0.114. The molecule has 2 fully saturated rings. The average Bonchev–Trinajstić information content (AvgIpc) is 2.96. The number of piperidine rings is 1. The topological polar surface area (TPSA) is 97.9 Å². The van der Waals surface area contributed by atoms with Gasteiger partial charge in [0.05, 0.1) is 30.4 Å².